The van der Waals surface area contributed by atoms with E-state index in [2.05, 4.69) is 10.0 Å². The summed E-state index contributed by atoms with van der Waals surface area (Å²) in [7, 11) is -3.54. The summed E-state index contributed by atoms with van der Waals surface area (Å²) in [5.74, 6) is -1.87. The van der Waals surface area contributed by atoms with Crippen molar-refractivity contribution >= 4 is 21.9 Å². The molecule has 2 atom stereocenters. The lowest BCUT2D eigenvalue weighted by molar-refractivity contribution is -0.141. The predicted molar refractivity (Wildman–Crippen MR) is 77.2 cm³/mol. The van der Waals surface area contributed by atoms with Gasteiger partial charge in [0.15, 0.2) is 0 Å². The van der Waals surface area contributed by atoms with Crippen LogP contribution in [0.5, 0.6) is 0 Å². The zero-order valence-corrected chi connectivity index (χ0v) is 12.6. The van der Waals surface area contributed by atoms with Gasteiger partial charge in [-0.05, 0) is 12.5 Å². The van der Waals surface area contributed by atoms with E-state index in [0.29, 0.717) is 0 Å². The molecule has 21 heavy (non-hydrogen) atoms. The van der Waals surface area contributed by atoms with Crippen LogP contribution in [0.4, 0.5) is 0 Å². The first-order valence-electron chi connectivity index (χ1n) is 6.23. The van der Waals surface area contributed by atoms with E-state index in [1.165, 1.54) is 6.92 Å². The minimum Gasteiger partial charge on any atom is -0.480 e. The molecule has 1 unspecified atom stereocenters. The Kier molecular flexibility index (Phi) is 5.86. The Morgan fingerprint density at radius 1 is 1.24 bits per heavy atom. The van der Waals surface area contributed by atoms with Gasteiger partial charge in [0.25, 0.3) is 0 Å². The third-order valence-corrected chi connectivity index (χ3v) is 3.46. The molecule has 1 amide bonds. The van der Waals surface area contributed by atoms with Gasteiger partial charge in [0.1, 0.15) is 6.04 Å². The first-order valence-corrected chi connectivity index (χ1v) is 8.12. The van der Waals surface area contributed by atoms with Gasteiger partial charge in [0.05, 0.1) is 12.3 Å². The molecule has 0 bridgehead atoms. The fourth-order valence-corrected chi connectivity index (χ4v) is 2.47. The second kappa shape index (κ2) is 7.19. The van der Waals surface area contributed by atoms with E-state index >= 15 is 0 Å². The van der Waals surface area contributed by atoms with Gasteiger partial charge in [-0.3, -0.25) is 4.79 Å². The van der Waals surface area contributed by atoms with Gasteiger partial charge in [-0.25, -0.2) is 17.9 Å². The maximum absolute atomic E-state index is 11.8. The van der Waals surface area contributed by atoms with E-state index in [4.69, 9.17) is 5.11 Å². The molecule has 0 aliphatic heterocycles. The molecule has 0 heterocycles. The fourth-order valence-electron chi connectivity index (χ4n) is 1.72. The van der Waals surface area contributed by atoms with E-state index in [1.54, 1.807) is 30.3 Å². The number of aliphatic carboxylic acids is 1. The van der Waals surface area contributed by atoms with Gasteiger partial charge in [0, 0.05) is 6.42 Å². The number of amides is 1. The number of sulfonamides is 1. The van der Waals surface area contributed by atoms with Gasteiger partial charge in [-0.1, -0.05) is 30.3 Å². The third kappa shape index (κ3) is 6.37. The number of carbonyl (C=O) groups excluding carboxylic acids is 1. The molecule has 1 rings (SSSR count). The average Bonchev–Trinajstić information content (AvgIpc) is 2.36. The predicted octanol–water partition coefficient (Wildman–Crippen LogP) is -0.264. The summed E-state index contributed by atoms with van der Waals surface area (Å²) in [5, 5.41) is 11.5. The number of carboxylic acid groups (broad SMARTS) is 1. The van der Waals surface area contributed by atoms with E-state index < -0.39 is 34.0 Å². The fraction of sp³-hybridized carbons (Fsp3) is 0.385. The molecule has 116 valence electrons. The van der Waals surface area contributed by atoms with Crippen molar-refractivity contribution in [2.75, 3.05) is 6.26 Å². The Hall–Kier alpha value is -1.93. The summed E-state index contributed by atoms with van der Waals surface area (Å²) < 4.78 is 24.2. The molecule has 7 nitrogen and oxygen atoms in total. The lowest BCUT2D eigenvalue weighted by Gasteiger charge is -2.18. The zero-order valence-electron chi connectivity index (χ0n) is 11.7. The van der Waals surface area contributed by atoms with Crippen LogP contribution in [0.15, 0.2) is 30.3 Å². The van der Waals surface area contributed by atoms with Crippen LogP contribution in [-0.4, -0.2) is 43.7 Å². The largest absolute Gasteiger partial charge is 0.480 e. The summed E-state index contributed by atoms with van der Waals surface area (Å²) >= 11 is 0. The quantitative estimate of drug-likeness (QED) is 0.641. The van der Waals surface area contributed by atoms with E-state index in [0.717, 1.165) is 11.8 Å². The zero-order chi connectivity index (χ0) is 16.0. The van der Waals surface area contributed by atoms with Crippen LogP contribution >= 0.6 is 0 Å². The molecular formula is C13H18N2O5S. The molecule has 0 saturated carbocycles. The highest BCUT2D eigenvalue weighted by atomic mass is 32.2. The van der Waals surface area contributed by atoms with Gasteiger partial charge < -0.3 is 10.4 Å². The normalized spacial score (nSPS) is 14.2. The van der Waals surface area contributed by atoms with Crippen LogP contribution in [0.3, 0.4) is 0 Å². The van der Waals surface area contributed by atoms with Gasteiger partial charge in [0.2, 0.25) is 15.9 Å². The number of hydrogen-bond donors (Lipinski definition) is 3. The van der Waals surface area contributed by atoms with Crippen LogP contribution in [0, 0.1) is 0 Å². The second-order valence-corrected chi connectivity index (χ2v) is 6.48. The van der Waals surface area contributed by atoms with Crippen molar-refractivity contribution in [1.29, 1.82) is 0 Å². The van der Waals surface area contributed by atoms with E-state index in [9.17, 15) is 18.0 Å². The Bertz CT molecular complexity index is 600. The topological polar surface area (TPSA) is 113 Å². The second-order valence-electron chi connectivity index (χ2n) is 4.70. The van der Waals surface area contributed by atoms with Crippen LogP contribution in [-0.2, 0) is 26.0 Å². The lowest BCUT2D eigenvalue weighted by atomic mass is 10.1. The van der Waals surface area contributed by atoms with Crippen molar-refractivity contribution in [3.63, 3.8) is 0 Å². The van der Waals surface area contributed by atoms with E-state index in [-0.39, 0.29) is 6.42 Å². The van der Waals surface area contributed by atoms with Crippen molar-refractivity contribution < 1.29 is 23.1 Å². The van der Waals surface area contributed by atoms with Crippen molar-refractivity contribution in [2.45, 2.75) is 25.4 Å². The number of benzene rings is 1. The molecular weight excluding hydrogens is 296 g/mol. The Balaban J connectivity index is 2.71. The van der Waals surface area contributed by atoms with Crippen molar-refractivity contribution in [2.24, 2.45) is 0 Å². The molecule has 0 aromatic heterocycles. The molecule has 0 radical (unpaired) electrons. The molecule has 0 saturated heterocycles. The monoisotopic (exact) mass is 314 g/mol. The highest BCUT2D eigenvalue weighted by Crippen LogP contribution is 2.04. The minimum atomic E-state index is -3.54. The first-order chi connectivity index (χ1) is 9.69. The van der Waals surface area contributed by atoms with Gasteiger partial charge >= 0.3 is 5.97 Å². The highest BCUT2D eigenvalue weighted by molar-refractivity contribution is 7.88. The van der Waals surface area contributed by atoms with Crippen molar-refractivity contribution in [1.82, 2.24) is 10.0 Å². The summed E-state index contributed by atoms with van der Waals surface area (Å²) in [4.78, 5) is 23.0. The summed E-state index contributed by atoms with van der Waals surface area (Å²) in [6.45, 7) is 1.35. The number of carboxylic acids is 1. The van der Waals surface area contributed by atoms with Crippen molar-refractivity contribution in [3.05, 3.63) is 35.9 Å². The standard InChI is InChI=1S/C13H18N2O5S/c1-9(15-21(2,19)20)12(16)14-11(13(17)18)8-10-6-4-3-5-7-10/h3-7,9,11,15H,8H2,1-2H3,(H,14,16)(H,17,18)/t9?,11-/m0/s1. The number of rotatable bonds is 7. The third-order valence-electron chi connectivity index (χ3n) is 2.68. The molecule has 3 N–H and O–H groups in total. The molecule has 0 aliphatic rings. The van der Waals surface area contributed by atoms with Crippen LogP contribution < -0.4 is 10.0 Å². The van der Waals surface area contributed by atoms with Crippen LogP contribution in [0.2, 0.25) is 0 Å². The maximum Gasteiger partial charge on any atom is 0.326 e. The lowest BCUT2D eigenvalue weighted by Crippen LogP contribution is -2.50. The Morgan fingerprint density at radius 3 is 2.29 bits per heavy atom. The number of carbonyl (C=O) groups is 2. The molecule has 8 heteroatoms. The first kappa shape index (κ1) is 17.1. The molecule has 0 fully saturated rings. The highest BCUT2D eigenvalue weighted by Gasteiger charge is 2.24. The summed E-state index contributed by atoms with van der Waals surface area (Å²) in [5.41, 5.74) is 0.758. The van der Waals surface area contributed by atoms with Crippen LogP contribution in [0.1, 0.15) is 12.5 Å². The molecule has 0 aliphatic carbocycles. The Morgan fingerprint density at radius 2 is 1.81 bits per heavy atom. The van der Waals surface area contributed by atoms with Crippen molar-refractivity contribution in [3.8, 4) is 0 Å². The summed E-state index contributed by atoms with van der Waals surface area (Å²) in [6, 6.07) is 6.67. The molecule has 0 spiro atoms. The van der Waals surface area contributed by atoms with Gasteiger partial charge in [-0.15, -0.1) is 0 Å². The smallest absolute Gasteiger partial charge is 0.326 e. The van der Waals surface area contributed by atoms with Gasteiger partial charge in [-0.2, -0.15) is 0 Å². The Labute approximate surface area is 123 Å². The molecule has 1 aromatic carbocycles. The average molecular weight is 314 g/mol. The number of nitrogens with one attached hydrogen (secondary N) is 2. The van der Waals surface area contributed by atoms with Crippen LogP contribution in [0.25, 0.3) is 0 Å². The SMILES string of the molecule is CC(NS(C)(=O)=O)C(=O)N[C@@H](Cc1ccccc1)C(=O)O. The molecule has 1 aromatic rings. The summed E-state index contributed by atoms with van der Waals surface area (Å²) in [6.07, 6.45) is 1.04. The minimum absolute atomic E-state index is 0.119. The number of hydrogen-bond acceptors (Lipinski definition) is 4. The van der Waals surface area contributed by atoms with E-state index in [1.807, 2.05) is 0 Å². The maximum atomic E-state index is 11.8.